The third-order valence-corrected chi connectivity index (χ3v) is 3.35. The highest BCUT2D eigenvalue weighted by molar-refractivity contribution is 5.95. The first kappa shape index (κ1) is 13.2. The Hall–Kier alpha value is -2.76. The second-order valence-electron chi connectivity index (χ2n) is 4.60. The van der Waals surface area contributed by atoms with Gasteiger partial charge in [0.25, 0.3) is 0 Å². The zero-order valence-corrected chi connectivity index (χ0v) is 10.8. The average molecular weight is 288 g/mol. The SMILES string of the molecule is O=Nc1c(O)n(Cc2ccccc2F)c2ccc(F)cc12. The normalized spacial score (nSPS) is 11.0. The van der Waals surface area contributed by atoms with Crippen LogP contribution < -0.4 is 0 Å². The first-order chi connectivity index (χ1) is 10.1. The van der Waals surface area contributed by atoms with E-state index in [-0.39, 0.29) is 17.6 Å². The van der Waals surface area contributed by atoms with E-state index in [0.29, 0.717) is 11.1 Å². The highest BCUT2D eigenvalue weighted by Gasteiger charge is 2.19. The Morgan fingerprint density at radius 1 is 1.14 bits per heavy atom. The first-order valence-corrected chi connectivity index (χ1v) is 6.19. The zero-order valence-electron chi connectivity index (χ0n) is 10.8. The molecular formula is C15H10F2N2O2. The van der Waals surface area contributed by atoms with Crippen LogP contribution in [-0.4, -0.2) is 9.67 Å². The molecule has 0 radical (unpaired) electrons. The van der Waals surface area contributed by atoms with Crippen molar-refractivity contribution in [3.05, 3.63) is 64.6 Å². The molecular weight excluding hydrogens is 278 g/mol. The summed E-state index contributed by atoms with van der Waals surface area (Å²) in [6.45, 7) is 0.0101. The molecule has 0 fully saturated rings. The van der Waals surface area contributed by atoms with Crippen LogP contribution in [0.4, 0.5) is 14.5 Å². The molecule has 2 aromatic carbocycles. The summed E-state index contributed by atoms with van der Waals surface area (Å²) in [6.07, 6.45) is 0. The first-order valence-electron chi connectivity index (χ1n) is 6.19. The van der Waals surface area contributed by atoms with Gasteiger partial charge in [-0.15, -0.1) is 4.91 Å². The molecule has 106 valence electrons. The van der Waals surface area contributed by atoms with E-state index in [1.807, 2.05) is 0 Å². The topological polar surface area (TPSA) is 54.6 Å². The van der Waals surface area contributed by atoms with Crippen molar-refractivity contribution < 1.29 is 13.9 Å². The van der Waals surface area contributed by atoms with E-state index in [4.69, 9.17) is 0 Å². The van der Waals surface area contributed by atoms with Crippen LogP contribution in [0.2, 0.25) is 0 Å². The number of aromatic nitrogens is 1. The Bertz CT molecular complexity index is 843. The Kier molecular flexibility index (Phi) is 3.13. The van der Waals surface area contributed by atoms with E-state index in [2.05, 4.69) is 5.18 Å². The van der Waals surface area contributed by atoms with Gasteiger partial charge >= 0.3 is 0 Å². The monoisotopic (exact) mass is 288 g/mol. The van der Waals surface area contributed by atoms with Crippen molar-refractivity contribution in [2.24, 2.45) is 5.18 Å². The van der Waals surface area contributed by atoms with Crippen LogP contribution in [0.1, 0.15) is 5.56 Å². The van der Waals surface area contributed by atoms with Gasteiger partial charge in [-0.25, -0.2) is 8.78 Å². The quantitative estimate of drug-likeness (QED) is 0.738. The second kappa shape index (κ2) is 4.97. The molecule has 0 saturated heterocycles. The molecule has 0 aliphatic carbocycles. The van der Waals surface area contributed by atoms with Gasteiger partial charge in [0, 0.05) is 10.9 Å². The van der Waals surface area contributed by atoms with Gasteiger partial charge < -0.3 is 9.67 Å². The summed E-state index contributed by atoms with van der Waals surface area (Å²) < 4.78 is 28.3. The Morgan fingerprint density at radius 3 is 2.62 bits per heavy atom. The third-order valence-electron chi connectivity index (χ3n) is 3.35. The molecule has 1 heterocycles. The van der Waals surface area contributed by atoms with Crippen LogP contribution in [0.25, 0.3) is 10.9 Å². The molecule has 1 aromatic heterocycles. The minimum absolute atomic E-state index is 0.0101. The van der Waals surface area contributed by atoms with E-state index in [0.717, 1.165) is 6.07 Å². The smallest absolute Gasteiger partial charge is 0.222 e. The van der Waals surface area contributed by atoms with E-state index < -0.39 is 17.5 Å². The minimum atomic E-state index is -0.546. The molecule has 0 aliphatic heterocycles. The number of aromatic hydroxyl groups is 1. The number of hydrogen-bond acceptors (Lipinski definition) is 3. The van der Waals surface area contributed by atoms with Gasteiger partial charge in [0.05, 0.1) is 12.1 Å². The maximum Gasteiger partial charge on any atom is 0.222 e. The van der Waals surface area contributed by atoms with Crippen LogP contribution in [0.15, 0.2) is 47.6 Å². The minimum Gasteiger partial charge on any atom is -0.493 e. The molecule has 0 atom stereocenters. The number of hydrogen-bond donors (Lipinski definition) is 1. The summed E-state index contributed by atoms with van der Waals surface area (Å²) in [4.78, 5) is 10.9. The molecule has 0 saturated carbocycles. The molecule has 21 heavy (non-hydrogen) atoms. The van der Waals surface area contributed by atoms with Gasteiger partial charge in [0.2, 0.25) is 5.88 Å². The van der Waals surface area contributed by atoms with Crippen LogP contribution in [0.3, 0.4) is 0 Å². The van der Waals surface area contributed by atoms with Crippen molar-refractivity contribution in [1.82, 2.24) is 4.57 Å². The van der Waals surface area contributed by atoms with Gasteiger partial charge in [0.15, 0.2) is 5.69 Å². The molecule has 4 nitrogen and oxygen atoms in total. The fraction of sp³-hybridized carbons (Fsp3) is 0.0667. The molecule has 6 heteroatoms. The van der Waals surface area contributed by atoms with Crippen molar-refractivity contribution in [3.63, 3.8) is 0 Å². The fourth-order valence-electron chi connectivity index (χ4n) is 2.34. The number of rotatable bonds is 3. The molecule has 3 aromatic rings. The molecule has 1 N–H and O–H groups in total. The number of fused-ring (bicyclic) bond motifs is 1. The maximum atomic E-state index is 13.7. The van der Waals surface area contributed by atoms with Gasteiger partial charge in [-0.3, -0.25) is 0 Å². The van der Waals surface area contributed by atoms with E-state index in [1.165, 1.54) is 22.8 Å². The highest BCUT2D eigenvalue weighted by atomic mass is 19.1. The van der Waals surface area contributed by atoms with Crippen molar-refractivity contribution in [3.8, 4) is 5.88 Å². The largest absolute Gasteiger partial charge is 0.493 e. The van der Waals surface area contributed by atoms with E-state index in [9.17, 15) is 18.8 Å². The summed E-state index contributed by atoms with van der Waals surface area (Å²) in [7, 11) is 0. The van der Waals surface area contributed by atoms with Crippen LogP contribution >= 0.6 is 0 Å². The number of benzene rings is 2. The lowest BCUT2D eigenvalue weighted by atomic mass is 10.2. The Labute approximate surface area is 118 Å². The zero-order chi connectivity index (χ0) is 15.0. The summed E-state index contributed by atoms with van der Waals surface area (Å²) in [5.74, 6) is -1.38. The van der Waals surface area contributed by atoms with E-state index >= 15 is 0 Å². The Balaban J connectivity index is 2.21. The van der Waals surface area contributed by atoms with Gasteiger partial charge in [-0.05, 0) is 29.4 Å². The Morgan fingerprint density at radius 2 is 1.90 bits per heavy atom. The highest BCUT2D eigenvalue weighted by Crippen LogP contribution is 2.39. The molecule has 0 bridgehead atoms. The van der Waals surface area contributed by atoms with Crippen LogP contribution in [0.5, 0.6) is 5.88 Å². The van der Waals surface area contributed by atoms with Crippen molar-refractivity contribution in [1.29, 1.82) is 0 Å². The standard InChI is InChI=1S/C15H10F2N2O2/c16-10-5-6-13-11(7-10)14(18-21)15(20)19(13)8-9-3-1-2-4-12(9)17/h1-7,20H,8H2. The van der Waals surface area contributed by atoms with Crippen molar-refractivity contribution >= 4 is 16.6 Å². The lowest BCUT2D eigenvalue weighted by Crippen LogP contribution is -2.01. The summed E-state index contributed by atoms with van der Waals surface area (Å²) in [6, 6.07) is 9.83. The molecule has 0 amide bonds. The number of halogens is 2. The predicted molar refractivity (Wildman–Crippen MR) is 74.5 cm³/mol. The van der Waals surface area contributed by atoms with E-state index in [1.54, 1.807) is 18.2 Å². The summed E-state index contributed by atoms with van der Waals surface area (Å²) in [5.41, 5.74) is 0.499. The average Bonchev–Trinajstić information content (AvgIpc) is 2.73. The molecule has 0 unspecified atom stereocenters. The molecule has 0 spiro atoms. The lowest BCUT2D eigenvalue weighted by molar-refractivity contribution is 0.428. The van der Waals surface area contributed by atoms with Crippen LogP contribution in [0, 0.1) is 16.5 Å². The number of nitroso groups, excluding NO2 is 1. The van der Waals surface area contributed by atoms with Gasteiger partial charge in [-0.1, -0.05) is 18.2 Å². The van der Waals surface area contributed by atoms with Crippen molar-refractivity contribution in [2.75, 3.05) is 0 Å². The van der Waals surface area contributed by atoms with Gasteiger partial charge in [-0.2, -0.15) is 0 Å². The maximum absolute atomic E-state index is 13.7. The molecule has 0 aliphatic rings. The molecule has 3 rings (SSSR count). The summed E-state index contributed by atoms with van der Waals surface area (Å²) in [5, 5.41) is 13.0. The van der Waals surface area contributed by atoms with Gasteiger partial charge in [0.1, 0.15) is 11.6 Å². The lowest BCUT2D eigenvalue weighted by Gasteiger charge is -2.08. The van der Waals surface area contributed by atoms with Crippen LogP contribution in [-0.2, 0) is 6.54 Å². The third kappa shape index (κ3) is 2.14. The second-order valence-corrected chi connectivity index (χ2v) is 4.60. The summed E-state index contributed by atoms with van der Waals surface area (Å²) >= 11 is 0. The fourth-order valence-corrected chi connectivity index (χ4v) is 2.34. The van der Waals surface area contributed by atoms with Crippen molar-refractivity contribution in [2.45, 2.75) is 6.54 Å². The predicted octanol–water partition coefficient (Wildman–Crippen LogP) is 4.07. The number of nitrogens with zero attached hydrogens (tertiary/aromatic N) is 2.